The van der Waals surface area contributed by atoms with Gasteiger partial charge in [0.25, 0.3) is 0 Å². The second-order valence-corrected chi connectivity index (χ2v) is 9.89. The molecule has 2 aromatic heterocycles. The average Bonchev–Trinajstić information content (AvgIpc) is 3.21. The summed E-state index contributed by atoms with van der Waals surface area (Å²) < 4.78 is 30.6. The summed E-state index contributed by atoms with van der Waals surface area (Å²) in [5.41, 5.74) is 5.52. The molecule has 1 amide bonds. The fourth-order valence-corrected chi connectivity index (χ4v) is 4.42. The first-order valence-electron chi connectivity index (χ1n) is 10.6. The van der Waals surface area contributed by atoms with Crippen LogP contribution in [0.4, 0.5) is 10.5 Å². The van der Waals surface area contributed by atoms with Gasteiger partial charge in [-0.1, -0.05) is 29.8 Å². The van der Waals surface area contributed by atoms with E-state index in [4.69, 9.17) is 0 Å². The monoisotopic (exact) mass is 476 g/mol. The van der Waals surface area contributed by atoms with Crippen LogP contribution < -0.4 is 14.2 Å². The highest BCUT2D eigenvalue weighted by Gasteiger charge is 2.26. The van der Waals surface area contributed by atoms with Gasteiger partial charge in [0.1, 0.15) is 17.3 Å². The standard InChI is InChI=1S/C25H25N5O3S/c1-18-5-7-20(8-6-18)24-17-19(2)26-30(24)22-9-11-23(12-10-22)34(32,33)27-25(31)29-15-13-21(14-16-29)28(3)4/h5-17H,1-4H3/p+1. The van der Waals surface area contributed by atoms with Gasteiger partial charge in [0.15, 0.2) is 0 Å². The molecule has 2 aromatic carbocycles. The zero-order chi connectivity index (χ0) is 24.5. The van der Waals surface area contributed by atoms with Crippen LogP contribution in [0, 0.1) is 13.8 Å². The Balaban J connectivity index is 1.57. The summed E-state index contributed by atoms with van der Waals surface area (Å²) in [4.78, 5) is 14.3. The number of amides is 1. The number of carbonyl (C=O) groups is 1. The van der Waals surface area contributed by atoms with Crippen molar-refractivity contribution in [1.82, 2.24) is 14.5 Å². The van der Waals surface area contributed by atoms with E-state index < -0.39 is 16.1 Å². The number of pyridine rings is 1. The third kappa shape index (κ3) is 4.84. The minimum absolute atomic E-state index is 0.0177. The van der Waals surface area contributed by atoms with Crippen LogP contribution in [0.15, 0.2) is 84.0 Å². The second kappa shape index (κ2) is 9.11. The Morgan fingerprint density at radius 2 is 1.56 bits per heavy atom. The lowest BCUT2D eigenvalue weighted by Crippen LogP contribution is -2.51. The molecule has 8 nitrogen and oxygen atoms in total. The smallest absolute Gasteiger partial charge is 0.377 e. The highest BCUT2D eigenvalue weighted by atomic mass is 32.2. The van der Waals surface area contributed by atoms with Crippen LogP contribution in [0.2, 0.25) is 0 Å². The maximum Gasteiger partial charge on any atom is 0.511 e. The highest BCUT2D eigenvalue weighted by molar-refractivity contribution is 7.90. The number of hydrogen-bond acceptors (Lipinski definition) is 5. The van der Waals surface area contributed by atoms with Gasteiger partial charge >= 0.3 is 16.1 Å². The number of rotatable bonds is 5. The first kappa shape index (κ1) is 23.2. The molecule has 1 N–H and O–H groups in total. The number of hydrogen-bond donors (Lipinski definition) is 1. The minimum Gasteiger partial charge on any atom is -0.377 e. The van der Waals surface area contributed by atoms with Gasteiger partial charge in [0.2, 0.25) is 0 Å². The van der Waals surface area contributed by atoms with E-state index in [1.807, 2.05) is 63.2 Å². The molecule has 9 heteroatoms. The van der Waals surface area contributed by atoms with Crippen LogP contribution in [-0.2, 0) is 10.0 Å². The molecule has 0 bridgehead atoms. The van der Waals surface area contributed by atoms with E-state index in [0.29, 0.717) is 5.69 Å². The van der Waals surface area contributed by atoms with Crippen LogP contribution >= 0.6 is 0 Å². The largest absolute Gasteiger partial charge is 0.511 e. The molecule has 2 heterocycles. The Labute approximate surface area is 199 Å². The van der Waals surface area contributed by atoms with Gasteiger partial charge < -0.3 is 4.90 Å². The first-order valence-corrected chi connectivity index (χ1v) is 12.1. The molecule has 4 rings (SSSR count). The van der Waals surface area contributed by atoms with Crippen molar-refractivity contribution in [3.05, 3.63) is 90.4 Å². The zero-order valence-electron chi connectivity index (χ0n) is 19.4. The molecule has 0 aliphatic carbocycles. The summed E-state index contributed by atoms with van der Waals surface area (Å²) in [5, 5.41) is 4.57. The maximum atomic E-state index is 12.8. The topological polar surface area (TPSA) is 88.2 Å². The van der Waals surface area contributed by atoms with E-state index in [9.17, 15) is 13.2 Å². The van der Waals surface area contributed by atoms with Gasteiger partial charge in [-0.25, -0.2) is 4.68 Å². The SMILES string of the molecule is Cc1ccc(-c2cc(C)nn2-c2ccc(S(=O)(=O)NC(=O)[n+]3ccc(N(C)C)cc3)cc2)cc1. The summed E-state index contributed by atoms with van der Waals surface area (Å²) in [7, 11) is -0.301. The molecule has 0 spiro atoms. The maximum absolute atomic E-state index is 12.8. The molecule has 4 aromatic rings. The molecule has 0 saturated carbocycles. The lowest BCUT2D eigenvalue weighted by molar-refractivity contribution is -0.570. The summed E-state index contributed by atoms with van der Waals surface area (Å²) in [5.74, 6) is 0. The van der Waals surface area contributed by atoms with Gasteiger partial charge in [-0.2, -0.15) is 22.9 Å². The van der Waals surface area contributed by atoms with Gasteiger partial charge in [0.05, 0.1) is 17.1 Å². The molecular weight excluding hydrogens is 450 g/mol. The number of sulfonamides is 1. The van der Waals surface area contributed by atoms with Crippen LogP contribution in [0.3, 0.4) is 0 Å². The summed E-state index contributed by atoms with van der Waals surface area (Å²) >= 11 is 0. The molecule has 0 aliphatic heterocycles. The number of nitrogens with one attached hydrogen (secondary N) is 1. The number of carbonyl (C=O) groups excluding carboxylic acids is 1. The van der Waals surface area contributed by atoms with Gasteiger partial charge in [-0.15, -0.1) is 4.72 Å². The second-order valence-electron chi connectivity index (χ2n) is 8.21. The molecule has 0 fully saturated rings. The van der Waals surface area contributed by atoms with E-state index in [1.165, 1.54) is 29.1 Å². The normalized spacial score (nSPS) is 11.3. The first-order chi connectivity index (χ1) is 16.1. The Morgan fingerprint density at radius 1 is 0.941 bits per heavy atom. The fourth-order valence-electron chi connectivity index (χ4n) is 3.47. The quantitative estimate of drug-likeness (QED) is 0.446. The summed E-state index contributed by atoms with van der Waals surface area (Å²) in [6.45, 7) is 3.94. The van der Waals surface area contributed by atoms with E-state index in [1.54, 1.807) is 28.9 Å². The van der Waals surface area contributed by atoms with Crippen molar-refractivity contribution in [1.29, 1.82) is 0 Å². The number of nitrogens with zero attached hydrogens (tertiary/aromatic N) is 4. The van der Waals surface area contributed by atoms with E-state index in [0.717, 1.165) is 28.2 Å². The van der Waals surface area contributed by atoms with Crippen molar-refractivity contribution in [3.63, 3.8) is 0 Å². The van der Waals surface area contributed by atoms with Crippen LogP contribution in [-0.4, -0.2) is 38.3 Å². The molecule has 0 saturated heterocycles. The number of benzene rings is 2. The number of anilines is 1. The molecule has 0 radical (unpaired) electrons. The predicted octanol–water partition coefficient (Wildman–Crippen LogP) is 3.46. The van der Waals surface area contributed by atoms with E-state index in [-0.39, 0.29) is 4.90 Å². The van der Waals surface area contributed by atoms with Crippen molar-refractivity contribution < 1.29 is 17.8 Å². The fraction of sp³-hybridized carbons (Fsp3) is 0.160. The molecule has 0 atom stereocenters. The third-order valence-electron chi connectivity index (χ3n) is 5.35. The Morgan fingerprint density at radius 3 is 2.15 bits per heavy atom. The third-order valence-corrected chi connectivity index (χ3v) is 6.69. The predicted molar refractivity (Wildman–Crippen MR) is 131 cm³/mol. The molecule has 0 unspecified atom stereocenters. The molecule has 0 aliphatic rings. The average molecular weight is 477 g/mol. The molecule has 34 heavy (non-hydrogen) atoms. The zero-order valence-corrected chi connectivity index (χ0v) is 20.2. The lowest BCUT2D eigenvalue weighted by Gasteiger charge is -2.11. The number of aromatic nitrogens is 3. The van der Waals surface area contributed by atoms with Gasteiger partial charge in [0, 0.05) is 37.5 Å². The minimum atomic E-state index is -4.06. The highest BCUT2D eigenvalue weighted by Crippen LogP contribution is 2.25. The van der Waals surface area contributed by atoms with Crippen molar-refractivity contribution >= 4 is 21.7 Å². The van der Waals surface area contributed by atoms with Crippen molar-refractivity contribution in [2.45, 2.75) is 18.7 Å². The molecular formula is C25H26N5O3S+. The van der Waals surface area contributed by atoms with Crippen molar-refractivity contribution in [3.8, 4) is 16.9 Å². The summed E-state index contributed by atoms with van der Waals surface area (Å²) in [6.07, 6.45) is 3.02. The van der Waals surface area contributed by atoms with Crippen molar-refractivity contribution in [2.75, 3.05) is 19.0 Å². The summed E-state index contributed by atoms with van der Waals surface area (Å²) in [6, 6.07) is 19.0. The Hall–Kier alpha value is -3.98. The van der Waals surface area contributed by atoms with Crippen LogP contribution in [0.5, 0.6) is 0 Å². The number of aryl methyl sites for hydroxylation is 2. The Bertz CT molecular complexity index is 1420. The van der Waals surface area contributed by atoms with Gasteiger partial charge in [-0.3, -0.25) is 0 Å². The van der Waals surface area contributed by atoms with E-state index in [2.05, 4.69) is 9.82 Å². The van der Waals surface area contributed by atoms with E-state index >= 15 is 0 Å². The Kier molecular flexibility index (Phi) is 6.21. The lowest BCUT2D eigenvalue weighted by atomic mass is 10.1. The van der Waals surface area contributed by atoms with Crippen LogP contribution in [0.1, 0.15) is 11.3 Å². The van der Waals surface area contributed by atoms with Crippen molar-refractivity contribution in [2.24, 2.45) is 0 Å². The van der Waals surface area contributed by atoms with Crippen LogP contribution in [0.25, 0.3) is 16.9 Å². The van der Waals surface area contributed by atoms with Gasteiger partial charge in [-0.05, 0) is 44.2 Å². The molecule has 174 valence electrons.